The Bertz CT molecular complexity index is 1430. The predicted molar refractivity (Wildman–Crippen MR) is 123 cm³/mol. The number of aromatic amines is 1. The zero-order chi connectivity index (χ0) is 23.9. The van der Waals surface area contributed by atoms with Gasteiger partial charge in [-0.3, -0.25) is 9.78 Å². The molecule has 0 amide bonds. The molecular weight excluding hydrogens is 440 g/mol. The van der Waals surface area contributed by atoms with Crippen molar-refractivity contribution in [1.82, 2.24) is 9.97 Å². The molecule has 7 nitrogen and oxygen atoms in total. The Balaban J connectivity index is 1.42. The summed E-state index contributed by atoms with van der Waals surface area (Å²) in [5.41, 5.74) is 4.41. The molecule has 34 heavy (non-hydrogen) atoms. The van der Waals surface area contributed by atoms with Crippen molar-refractivity contribution in [3.05, 3.63) is 111 Å². The summed E-state index contributed by atoms with van der Waals surface area (Å²) in [6.07, 6.45) is 1.52. The number of nitriles is 1. The monoisotopic (exact) mass is 457 g/mol. The van der Waals surface area contributed by atoms with E-state index < -0.39 is 17.2 Å². The molecule has 0 atom stereocenters. The van der Waals surface area contributed by atoms with Gasteiger partial charge in [-0.15, -0.1) is 0 Å². The maximum Gasteiger partial charge on any atom is 0.270 e. The third kappa shape index (κ3) is 5.31. The van der Waals surface area contributed by atoms with Gasteiger partial charge in [-0.25, -0.2) is 19.2 Å². The molecule has 2 N–H and O–H groups in total. The number of hydrazone groups is 1. The van der Waals surface area contributed by atoms with Gasteiger partial charge >= 0.3 is 0 Å². The van der Waals surface area contributed by atoms with Crippen molar-refractivity contribution in [3.8, 4) is 23.1 Å². The lowest BCUT2D eigenvalue weighted by Gasteiger charge is -2.07. The summed E-state index contributed by atoms with van der Waals surface area (Å²) in [5, 5.41) is 13.4. The average molecular weight is 457 g/mol. The Morgan fingerprint density at radius 1 is 1.09 bits per heavy atom. The van der Waals surface area contributed by atoms with Crippen molar-refractivity contribution in [2.24, 2.45) is 5.10 Å². The first-order valence-corrected chi connectivity index (χ1v) is 10.1. The fourth-order valence-corrected chi connectivity index (χ4v) is 3.06. The Hall–Kier alpha value is -4.84. The molecular formula is C25H17F2N5O2. The molecule has 4 aromatic rings. The number of nitrogens with one attached hydrogen (secondary N) is 2. The van der Waals surface area contributed by atoms with Gasteiger partial charge in [-0.2, -0.15) is 10.4 Å². The minimum atomic E-state index is -0.764. The van der Waals surface area contributed by atoms with Gasteiger partial charge in [0.1, 0.15) is 24.1 Å². The van der Waals surface area contributed by atoms with Crippen LogP contribution in [0.3, 0.4) is 0 Å². The first-order chi connectivity index (χ1) is 16.5. The van der Waals surface area contributed by atoms with Gasteiger partial charge in [0.2, 0.25) is 5.95 Å². The average Bonchev–Trinajstić information content (AvgIpc) is 2.84. The second-order valence-corrected chi connectivity index (χ2v) is 7.09. The smallest absolute Gasteiger partial charge is 0.270 e. The summed E-state index contributed by atoms with van der Waals surface area (Å²) in [6.45, 7) is 0.108. The van der Waals surface area contributed by atoms with Crippen LogP contribution in [-0.2, 0) is 6.61 Å². The summed E-state index contributed by atoms with van der Waals surface area (Å²) < 4.78 is 32.0. The summed E-state index contributed by atoms with van der Waals surface area (Å²) in [4.78, 5) is 19.1. The van der Waals surface area contributed by atoms with Crippen molar-refractivity contribution in [2.75, 3.05) is 5.43 Å². The molecule has 9 heteroatoms. The molecule has 0 aliphatic rings. The third-order valence-electron chi connectivity index (χ3n) is 4.73. The van der Waals surface area contributed by atoms with Crippen LogP contribution in [0.25, 0.3) is 11.3 Å². The van der Waals surface area contributed by atoms with Crippen molar-refractivity contribution >= 4 is 12.2 Å². The summed E-state index contributed by atoms with van der Waals surface area (Å²) in [5.74, 6) is -1.38. The number of rotatable bonds is 7. The van der Waals surface area contributed by atoms with E-state index in [4.69, 9.17) is 4.74 Å². The minimum Gasteiger partial charge on any atom is -0.486 e. The van der Waals surface area contributed by atoms with E-state index in [1.807, 2.05) is 12.1 Å². The highest BCUT2D eigenvalue weighted by molar-refractivity contribution is 5.80. The molecule has 168 valence electrons. The fraction of sp³-hybridized carbons (Fsp3) is 0.0400. The van der Waals surface area contributed by atoms with Gasteiger partial charge in [-0.1, -0.05) is 54.6 Å². The summed E-state index contributed by atoms with van der Waals surface area (Å²) in [6, 6.07) is 21.0. The van der Waals surface area contributed by atoms with Crippen LogP contribution in [0.2, 0.25) is 0 Å². The second kappa shape index (κ2) is 10.2. The van der Waals surface area contributed by atoms with Crippen molar-refractivity contribution in [2.45, 2.75) is 6.61 Å². The van der Waals surface area contributed by atoms with E-state index in [0.717, 1.165) is 23.3 Å². The zero-order valence-corrected chi connectivity index (χ0v) is 17.6. The van der Waals surface area contributed by atoms with Crippen molar-refractivity contribution in [3.63, 3.8) is 0 Å². The van der Waals surface area contributed by atoms with Gasteiger partial charge in [0.25, 0.3) is 5.56 Å². The Labute approximate surface area is 193 Å². The van der Waals surface area contributed by atoms with E-state index in [2.05, 4.69) is 20.5 Å². The number of hydrogen-bond donors (Lipinski definition) is 2. The van der Waals surface area contributed by atoms with Crippen LogP contribution >= 0.6 is 0 Å². The molecule has 0 aliphatic carbocycles. The van der Waals surface area contributed by atoms with Crippen LogP contribution in [0.15, 0.2) is 82.7 Å². The molecule has 1 aromatic heterocycles. The largest absolute Gasteiger partial charge is 0.486 e. The van der Waals surface area contributed by atoms with E-state index in [-0.39, 0.29) is 29.6 Å². The first kappa shape index (κ1) is 22.4. The van der Waals surface area contributed by atoms with Crippen molar-refractivity contribution < 1.29 is 13.5 Å². The maximum absolute atomic E-state index is 13.7. The van der Waals surface area contributed by atoms with E-state index in [1.165, 1.54) is 12.3 Å². The number of anilines is 1. The molecule has 3 aromatic carbocycles. The molecule has 0 saturated carbocycles. The van der Waals surface area contributed by atoms with E-state index in [0.29, 0.717) is 5.56 Å². The van der Waals surface area contributed by atoms with Gasteiger partial charge in [0.15, 0.2) is 11.6 Å². The molecule has 4 rings (SSSR count). The molecule has 0 saturated heterocycles. The standard InChI is InChI=1S/C25H17F2N5O2/c26-19-10-11-22(21(27)12-19)34-15-17-8-6-16(7-9-17)14-29-32-25-30-23(18-4-2-1-3-5-18)20(13-28)24(33)31-25/h1-12,14H,15H2,(H2,30,31,32,33). The lowest BCUT2D eigenvalue weighted by Crippen LogP contribution is -2.16. The number of benzene rings is 3. The normalized spacial score (nSPS) is 10.7. The number of H-pyrrole nitrogens is 1. The van der Waals surface area contributed by atoms with Crippen LogP contribution in [0, 0.1) is 23.0 Å². The highest BCUT2D eigenvalue weighted by Gasteiger charge is 2.12. The summed E-state index contributed by atoms with van der Waals surface area (Å²) >= 11 is 0. The molecule has 0 aliphatic heterocycles. The van der Waals surface area contributed by atoms with Gasteiger partial charge < -0.3 is 4.74 Å². The lowest BCUT2D eigenvalue weighted by molar-refractivity contribution is 0.289. The number of nitrogens with zero attached hydrogens (tertiary/aromatic N) is 3. The van der Waals surface area contributed by atoms with Crippen LogP contribution in [0.1, 0.15) is 16.7 Å². The van der Waals surface area contributed by atoms with Crippen LogP contribution in [0.4, 0.5) is 14.7 Å². The highest BCUT2D eigenvalue weighted by atomic mass is 19.1. The lowest BCUT2D eigenvalue weighted by atomic mass is 10.1. The summed E-state index contributed by atoms with van der Waals surface area (Å²) in [7, 11) is 0. The van der Waals surface area contributed by atoms with Gasteiger partial charge in [0, 0.05) is 11.6 Å². The zero-order valence-electron chi connectivity index (χ0n) is 17.6. The second-order valence-electron chi connectivity index (χ2n) is 7.09. The van der Waals surface area contributed by atoms with Crippen LogP contribution in [-0.4, -0.2) is 16.2 Å². The first-order valence-electron chi connectivity index (χ1n) is 10.1. The number of halogens is 2. The topological polar surface area (TPSA) is 103 Å². The fourth-order valence-electron chi connectivity index (χ4n) is 3.06. The van der Waals surface area contributed by atoms with Crippen LogP contribution < -0.4 is 15.7 Å². The van der Waals surface area contributed by atoms with Gasteiger partial charge in [0.05, 0.1) is 11.9 Å². The molecule has 1 heterocycles. The Morgan fingerprint density at radius 3 is 2.56 bits per heavy atom. The Kier molecular flexibility index (Phi) is 6.70. The number of aromatic nitrogens is 2. The van der Waals surface area contributed by atoms with Gasteiger partial charge in [-0.05, 0) is 23.3 Å². The number of ether oxygens (including phenoxy) is 1. The van der Waals surface area contributed by atoms with E-state index >= 15 is 0 Å². The molecule has 0 radical (unpaired) electrons. The van der Waals surface area contributed by atoms with Crippen LogP contribution in [0.5, 0.6) is 5.75 Å². The molecule has 0 bridgehead atoms. The molecule has 0 unspecified atom stereocenters. The molecule has 0 spiro atoms. The molecule has 0 fully saturated rings. The van der Waals surface area contributed by atoms with Crippen molar-refractivity contribution in [1.29, 1.82) is 5.26 Å². The quantitative estimate of drug-likeness (QED) is 0.312. The highest BCUT2D eigenvalue weighted by Crippen LogP contribution is 2.20. The number of hydrogen-bond acceptors (Lipinski definition) is 6. The van der Waals surface area contributed by atoms with E-state index in [9.17, 15) is 18.8 Å². The maximum atomic E-state index is 13.7. The van der Waals surface area contributed by atoms with E-state index in [1.54, 1.807) is 48.5 Å². The third-order valence-corrected chi connectivity index (χ3v) is 4.73. The SMILES string of the molecule is N#Cc1c(-c2ccccc2)nc(NN=Cc2ccc(COc3ccc(F)cc3F)cc2)[nH]c1=O. The Morgan fingerprint density at radius 2 is 1.85 bits per heavy atom. The predicted octanol–water partition coefficient (Wildman–Crippen LogP) is 4.61. The minimum absolute atomic E-state index is 0.0324.